The molecule has 5 rings (SSSR count). The summed E-state index contributed by atoms with van der Waals surface area (Å²) < 4.78 is 5.55. The molecule has 166 valence electrons. The maximum absolute atomic E-state index is 13.4. The molecule has 8 heteroatoms. The number of nitrogen functional groups attached to an aromatic ring is 2. The topological polar surface area (TPSA) is 122 Å². The Balaban J connectivity index is 1.43. The van der Waals surface area contributed by atoms with Gasteiger partial charge < -0.3 is 20.8 Å². The fraction of sp³-hybridized carbons (Fsp3) is 0.240. The van der Waals surface area contributed by atoms with Crippen molar-refractivity contribution in [3.63, 3.8) is 0 Å². The van der Waals surface area contributed by atoms with Gasteiger partial charge in [-0.2, -0.15) is 5.26 Å². The lowest BCUT2D eigenvalue weighted by Gasteiger charge is -2.32. The molecule has 7 nitrogen and oxygen atoms in total. The molecule has 1 aliphatic rings. The van der Waals surface area contributed by atoms with Gasteiger partial charge in [-0.3, -0.25) is 4.79 Å². The van der Waals surface area contributed by atoms with Crippen molar-refractivity contribution >= 4 is 39.0 Å². The highest BCUT2D eigenvalue weighted by atomic mass is 32.1. The number of anilines is 2. The summed E-state index contributed by atoms with van der Waals surface area (Å²) in [7, 11) is 0. The molecule has 0 radical (unpaired) electrons. The van der Waals surface area contributed by atoms with Crippen LogP contribution in [0.4, 0.5) is 11.5 Å². The Morgan fingerprint density at radius 1 is 1.18 bits per heavy atom. The number of thiophene rings is 1. The quantitative estimate of drug-likeness (QED) is 0.458. The third-order valence-electron chi connectivity index (χ3n) is 6.25. The van der Waals surface area contributed by atoms with Crippen LogP contribution < -0.4 is 11.5 Å². The Morgan fingerprint density at radius 3 is 2.61 bits per heavy atom. The van der Waals surface area contributed by atoms with Gasteiger partial charge in [-0.15, -0.1) is 11.3 Å². The number of pyridine rings is 1. The lowest BCUT2D eigenvalue weighted by molar-refractivity contribution is 0.0696. The first-order valence-electron chi connectivity index (χ1n) is 10.9. The molecule has 0 saturated carbocycles. The SMILES string of the molecule is N#Cc1c(N)nc2sc(C(=O)N3CCC(Cc4ccccc4)CC3)c(N)c2c1-c1ccco1. The van der Waals surface area contributed by atoms with E-state index in [1.807, 2.05) is 11.0 Å². The van der Waals surface area contributed by atoms with Crippen molar-refractivity contribution in [1.29, 1.82) is 5.26 Å². The molecule has 3 aromatic heterocycles. The maximum Gasteiger partial charge on any atom is 0.266 e. The number of benzene rings is 1. The Labute approximate surface area is 195 Å². The lowest BCUT2D eigenvalue weighted by Crippen LogP contribution is -2.38. The molecule has 1 aromatic carbocycles. The zero-order valence-corrected chi connectivity index (χ0v) is 18.8. The van der Waals surface area contributed by atoms with E-state index in [0.29, 0.717) is 51.1 Å². The highest BCUT2D eigenvalue weighted by Gasteiger charge is 2.29. The lowest BCUT2D eigenvalue weighted by atomic mass is 9.90. The average Bonchev–Trinajstić information content (AvgIpc) is 3.47. The number of nitriles is 1. The van der Waals surface area contributed by atoms with E-state index < -0.39 is 0 Å². The number of carbonyl (C=O) groups is 1. The molecular weight excluding hydrogens is 434 g/mol. The molecule has 0 bridgehead atoms. The summed E-state index contributed by atoms with van der Waals surface area (Å²) in [4.78, 5) is 20.6. The maximum atomic E-state index is 13.4. The number of piperidine rings is 1. The second-order valence-corrected chi connectivity index (χ2v) is 9.29. The van der Waals surface area contributed by atoms with E-state index >= 15 is 0 Å². The molecule has 1 saturated heterocycles. The Bertz CT molecular complexity index is 1350. The third-order valence-corrected chi connectivity index (χ3v) is 7.33. The van der Waals surface area contributed by atoms with E-state index in [2.05, 4.69) is 35.3 Å². The number of hydrogen-bond acceptors (Lipinski definition) is 7. The van der Waals surface area contributed by atoms with Crippen molar-refractivity contribution in [2.24, 2.45) is 5.92 Å². The summed E-state index contributed by atoms with van der Waals surface area (Å²) in [5.74, 6) is 1.02. The standard InChI is InChI=1S/C25H23N5O2S/c26-14-17-19(18-7-4-12-32-18)20-21(27)22(33-24(20)29-23(17)28)25(31)30-10-8-16(9-11-30)13-15-5-2-1-3-6-15/h1-7,12,16H,8-11,13,27H2,(H2,28,29). The average molecular weight is 458 g/mol. The van der Waals surface area contributed by atoms with Crippen molar-refractivity contribution < 1.29 is 9.21 Å². The van der Waals surface area contributed by atoms with Gasteiger partial charge in [0.05, 0.1) is 17.5 Å². The van der Waals surface area contributed by atoms with Crippen LogP contribution in [0, 0.1) is 17.2 Å². The molecular formula is C25H23N5O2S. The van der Waals surface area contributed by atoms with Crippen LogP contribution in [-0.2, 0) is 6.42 Å². The van der Waals surface area contributed by atoms with E-state index in [0.717, 1.165) is 19.3 Å². The van der Waals surface area contributed by atoms with Gasteiger partial charge in [-0.25, -0.2) is 4.98 Å². The fourth-order valence-corrected chi connectivity index (χ4v) is 5.62. The molecule has 4 aromatic rings. The van der Waals surface area contributed by atoms with Gasteiger partial charge in [0, 0.05) is 18.5 Å². The highest BCUT2D eigenvalue weighted by Crippen LogP contribution is 2.43. The van der Waals surface area contributed by atoms with Crippen molar-refractivity contribution in [2.75, 3.05) is 24.6 Å². The summed E-state index contributed by atoms with van der Waals surface area (Å²) in [5.41, 5.74) is 14.9. The van der Waals surface area contributed by atoms with E-state index in [-0.39, 0.29) is 17.3 Å². The smallest absolute Gasteiger partial charge is 0.266 e. The number of rotatable bonds is 4. The van der Waals surface area contributed by atoms with Crippen molar-refractivity contribution in [2.45, 2.75) is 19.3 Å². The van der Waals surface area contributed by atoms with Crippen LogP contribution in [0.2, 0.25) is 0 Å². The van der Waals surface area contributed by atoms with Crippen LogP contribution in [0.5, 0.6) is 0 Å². The van der Waals surface area contributed by atoms with Gasteiger partial charge >= 0.3 is 0 Å². The number of furan rings is 1. The number of hydrogen-bond donors (Lipinski definition) is 2. The summed E-state index contributed by atoms with van der Waals surface area (Å²) >= 11 is 1.22. The Morgan fingerprint density at radius 2 is 1.94 bits per heavy atom. The number of carbonyl (C=O) groups excluding carboxylic acids is 1. The molecule has 33 heavy (non-hydrogen) atoms. The van der Waals surface area contributed by atoms with Crippen LogP contribution in [0.25, 0.3) is 21.5 Å². The van der Waals surface area contributed by atoms with Gasteiger partial charge in [0.25, 0.3) is 5.91 Å². The summed E-state index contributed by atoms with van der Waals surface area (Å²) in [5, 5.41) is 10.2. The minimum absolute atomic E-state index is 0.0957. The van der Waals surface area contributed by atoms with E-state index in [4.69, 9.17) is 15.9 Å². The third kappa shape index (κ3) is 3.81. The van der Waals surface area contributed by atoms with Crippen molar-refractivity contribution in [3.05, 3.63) is 64.7 Å². The second kappa shape index (κ2) is 8.60. The molecule has 4 heterocycles. The molecule has 1 amide bonds. The first-order chi connectivity index (χ1) is 16.1. The molecule has 0 atom stereocenters. The number of fused-ring (bicyclic) bond motifs is 1. The Kier molecular flexibility index (Phi) is 5.48. The molecule has 1 aliphatic heterocycles. The first kappa shape index (κ1) is 21.0. The van der Waals surface area contributed by atoms with E-state index in [9.17, 15) is 10.1 Å². The van der Waals surface area contributed by atoms with Crippen LogP contribution in [0.1, 0.15) is 33.6 Å². The van der Waals surface area contributed by atoms with Gasteiger partial charge in [0.1, 0.15) is 32.9 Å². The highest BCUT2D eigenvalue weighted by molar-refractivity contribution is 7.21. The van der Waals surface area contributed by atoms with Gasteiger partial charge in [0.15, 0.2) is 0 Å². The Hall–Kier alpha value is -3.83. The predicted octanol–water partition coefficient (Wildman–Crippen LogP) is 4.69. The minimum Gasteiger partial charge on any atom is -0.464 e. The van der Waals surface area contributed by atoms with E-state index in [1.54, 1.807) is 12.1 Å². The number of likely N-dealkylation sites (tertiary alicyclic amines) is 1. The fourth-order valence-electron chi connectivity index (χ4n) is 4.54. The number of nitrogens with zero attached hydrogens (tertiary/aromatic N) is 3. The number of amides is 1. The largest absolute Gasteiger partial charge is 0.464 e. The summed E-state index contributed by atoms with van der Waals surface area (Å²) in [6.07, 6.45) is 4.45. The first-order valence-corrected chi connectivity index (χ1v) is 11.7. The van der Waals surface area contributed by atoms with Crippen molar-refractivity contribution in [3.8, 4) is 17.4 Å². The number of aromatic nitrogens is 1. The molecule has 4 N–H and O–H groups in total. The van der Waals surface area contributed by atoms with Crippen LogP contribution in [-0.4, -0.2) is 28.9 Å². The van der Waals surface area contributed by atoms with Crippen LogP contribution in [0.15, 0.2) is 53.1 Å². The minimum atomic E-state index is -0.101. The van der Waals surface area contributed by atoms with Crippen molar-refractivity contribution in [1.82, 2.24) is 9.88 Å². The normalized spacial score (nSPS) is 14.5. The summed E-state index contributed by atoms with van der Waals surface area (Å²) in [6.45, 7) is 1.38. The molecule has 0 aliphatic carbocycles. The van der Waals surface area contributed by atoms with E-state index in [1.165, 1.54) is 23.2 Å². The van der Waals surface area contributed by atoms with Gasteiger partial charge in [-0.1, -0.05) is 30.3 Å². The van der Waals surface area contributed by atoms with Crippen LogP contribution in [0.3, 0.4) is 0 Å². The molecule has 0 unspecified atom stereocenters. The zero-order valence-electron chi connectivity index (χ0n) is 18.0. The molecule has 1 fully saturated rings. The van der Waals surface area contributed by atoms with Gasteiger partial charge in [-0.05, 0) is 42.9 Å². The molecule has 0 spiro atoms. The van der Waals surface area contributed by atoms with Crippen LogP contribution >= 0.6 is 11.3 Å². The summed E-state index contributed by atoms with van der Waals surface area (Å²) in [6, 6.07) is 16.0. The second-order valence-electron chi connectivity index (χ2n) is 8.29. The number of nitrogens with two attached hydrogens (primary N) is 2. The monoisotopic (exact) mass is 457 g/mol. The zero-order chi connectivity index (χ0) is 22.9. The predicted molar refractivity (Wildman–Crippen MR) is 130 cm³/mol. The van der Waals surface area contributed by atoms with Gasteiger partial charge in [0.2, 0.25) is 0 Å².